The van der Waals surface area contributed by atoms with Gasteiger partial charge in [-0.3, -0.25) is 4.79 Å². The van der Waals surface area contributed by atoms with Gasteiger partial charge in [-0.05, 0) is 43.7 Å². The van der Waals surface area contributed by atoms with E-state index in [1.165, 1.54) is 11.8 Å². The van der Waals surface area contributed by atoms with Crippen LogP contribution in [0.4, 0.5) is 5.69 Å². The molecule has 0 spiro atoms. The Hall–Kier alpha value is -3.13. The Morgan fingerprint density at radius 2 is 1.86 bits per heavy atom. The molecule has 0 bridgehead atoms. The van der Waals surface area contributed by atoms with Gasteiger partial charge in [0.15, 0.2) is 11.4 Å². The van der Waals surface area contributed by atoms with Gasteiger partial charge in [0, 0.05) is 18.5 Å². The molecule has 0 atom stereocenters. The molecule has 0 radical (unpaired) electrons. The molecular weight excluding hydrogens is 388 g/mol. The molecule has 148 valence electrons. The zero-order valence-electron chi connectivity index (χ0n) is 16.1. The van der Waals surface area contributed by atoms with Crippen LogP contribution < -0.4 is 5.32 Å². The van der Waals surface area contributed by atoms with Crippen LogP contribution in [0.15, 0.2) is 56.6 Å². The Labute approximate surface area is 171 Å². The van der Waals surface area contributed by atoms with Crippen molar-refractivity contribution in [3.05, 3.63) is 65.3 Å². The van der Waals surface area contributed by atoms with Crippen LogP contribution >= 0.6 is 11.8 Å². The van der Waals surface area contributed by atoms with Gasteiger partial charge >= 0.3 is 0 Å². The lowest BCUT2D eigenvalue weighted by Gasteiger charge is -2.04. The molecule has 0 aliphatic rings. The van der Waals surface area contributed by atoms with Gasteiger partial charge < -0.3 is 14.3 Å². The van der Waals surface area contributed by atoms with E-state index in [0.717, 1.165) is 27.9 Å². The number of nitrogens with one attached hydrogen (secondary N) is 1. The number of benzene rings is 2. The number of amides is 1. The van der Waals surface area contributed by atoms with Crippen LogP contribution in [0.1, 0.15) is 29.3 Å². The molecule has 7 nitrogen and oxygen atoms in total. The predicted octanol–water partition coefficient (Wildman–Crippen LogP) is 4.69. The van der Waals surface area contributed by atoms with Crippen molar-refractivity contribution in [3.63, 3.8) is 0 Å². The fourth-order valence-corrected chi connectivity index (χ4v) is 3.42. The number of aromatic nitrogens is 3. The third kappa shape index (κ3) is 5.03. The Morgan fingerprint density at radius 3 is 2.69 bits per heavy atom. The van der Waals surface area contributed by atoms with Crippen molar-refractivity contribution < 1.29 is 13.7 Å². The first-order valence-electron chi connectivity index (χ1n) is 9.23. The van der Waals surface area contributed by atoms with Crippen molar-refractivity contribution in [1.29, 1.82) is 0 Å². The maximum Gasteiger partial charge on any atom is 0.257 e. The average Bonchev–Trinajstić information content (AvgIpc) is 3.32. The molecule has 0 fully saturated rings. The van der Waals surface area contributed by atoms with Crippen molar-refractivity contribution in [2.45, 2.75) is 37.7 Å². The SMILES string of the molecule is Cc1ccc(NC(=O)CCc2nc(CSc3nc4cc(C)ccc4o3)no2)cc1. The summed E-state index contributed by atoms with van der Waals surface area (Å²) in [6.45, 7) is 4.02. The summed E-state index contributed by atoms with van der Waals surface area (Å²) >= 11 is 1.40. The number of fused-ring (bicyclic) bond motifs is 1. The second kappa shape index (κ2) is 8.48. The topological polar surface area (TPSA) is 94.1 Å². The van der Waals surface area contributed by atoms with E-state index in [4.69, 9.17) is 8.94 Å². The molecule has 0 saturated carbocycles. The van der Waals surface area contributed by atoms with Crippen molar-refractivity contribution in [1.82, 2.24) is 15.1 Å². The Kier molecular flexibility index (Phi) is 5.62. The highest BCUT2D eigenvalue weighted by Gasteiger charge is 2.12. The van der Waals surface area contributed by atoms with Gasteiger partial charge in [0.1, 0.15) is 5.52 Å². The van der Waals surface area contributed by atoms with Crippen LogP contribution in [-0.4, -0.2) is 21.0 Å². The highest BCUT2D eigenvalue weighted by Crippen LogP contribution is 2.26. The standard InChI is InChI=1S/C21H20N4O3S/c1-13-3-6-15(7-4-13)22-19(26)9-10-20-24-18(25-28-20)12-29-21-23-16-11-14(2)5-8-17(16)27-21/h3-8,11H,9-10,12H2,1-2H3,(H,22,26). The molecule has 8 heteroatoms. The van der Waals surface area contributed by atoms with Crippen LogP contribution in [0.25, 0.3) is 11.1 Å². The lowest BCUT2D eigenvalue weighted by molar-refractivity contribution is -0.116. The van der Waals surface area contributed by atoms with Crippen molar-refractivity contribution >= 4 is 34.5 Å². The van der Waals surface area contributed by atoms with Crippen LogP contribution in [-0.2, 0) is 17.0 Å². The fraction of sp³-hybridized carbons (Fsp3) is 0.238. The van der Waals surface area contributed by atoms with Crippen LogP contribution in [0.2, 0.25) is 0 Å². The number of thioether (sulfide) groups is 1. The van der Waals surface area contributed by atoms with Crippen LogP contribution in [0, 0.1) is 13.8 Å². The summed E-state index contributed by atoms with van der Waals surface area (Å²) in [6.07, 6.45) is 0.657. The first-order chi connectivity index (χ1) is 14.0. The van der Waals surface area contributed by atoms with E-state index in [9.17, 15) is 4.79 Å². The summed E-state index contributed by atoms with van der Waals surface area (Å²) in [7, 11) is 0. The Morgan fingerprint density at radius 1 is 1.07 bits per heavy atom. The smallest absolute Gasteiger partial charge is 0.257 e. The minimum atomic E-state index is -0.0928. The molecule has 0 saturated heterocycles. The molecule has 4 rings (SSSR count). The summed E-state index contributed by atoms with van der Waals surface area (Å²) in [5.41, 5.74) is 4.65. The monoisotopic (exact) mass is 408 g/mol. The summed E-state index contributed by atoms with van der Waals surface area (Å²) in [5.74, 6) is 1.37. The first-order valence-corrected chi connectivity index (χ1v) is 10.2. The van der Waals surface area contributed by atoms with Gasteiger partial charge in [-0.15, -0.1) is 0 Å². The van der Waals surface area contributed by atoms with E-state index in [0.29, 0.717) is 29.1 Å². The van der Waals surface area contributed by atoms with E-state index in [-0.39, 0.29) is 12.3 Å². The van der Waals surface area contributed by atoms with Crippen molar-refractivity contribution in [3.8, 4) is 0 Å². The van der Waals surface area contributed by atoms with Crippen LogP contribution in [0.5, 0.6) is 0 Å². The maximum absolute atomic E-state index is 12.1. The van der Waals surface area contributed by atoms with E-state index in [1.54, 1.807) is 0 Å². The number of carbonyl (C=O) groups is 1. The van der Waals surface area contributed by atoms with E-state index >= 15 is 0 Å². The number of carbonyl (C=O) groups excluding carboxylic acids is 1. The zero-order chi connectivity index (χ0) is 20.2. The molecule has 4 aromatic rings. The number of hydrogen-bond donors (Lipinski definition) is 1. The summed E-state index contributed by atoms with van der Waals surface area (Å²) in [5, 5.41) is 7.38. The molecule has 2 aromatic heterocycles. The maximum atomic E-state index is 12.1. The summed E-state index contributed by atoms with van der Waals surface area (Å²) in [6, 6.07) is 13.5. The van der Waals surface area contributed by atoms with Crippen molar-refractivity contribution in [2.75, 3.05) is 5.32 Å². The van der Waals surface area contributed by atoms with Gasteiger partial charge in [-0.2, -0.15) is 4.98 Å². The molecule has 29 heavy (non-hydrogen) atoms. The number of aryl methyl sites for hydroxylation is 3. The normalized spacial score (nSPS) is 11.1. The number of anilines is 1. The number of nitrogens with zero attached hydrogens (tertiary/aromatic N) is 3. The van der Waals surface area contributed by atoms with E-state index < -0.39 is 0 Å². The largest absolute Gasteiger partial charge is 0.431 e. The highest BCUT2D eigenvalue weighted by molar-refractivity contribution is 7.98. The number of hydrogen-bond acceptors (Lipinski definition) is 7. The Balaban J connectivity index is 1.27. The molecule has 0 aliphatic carbocycles. The predicted molar refractivity (Wildman–Crippen MR) is 111 cm³/mol. The quantitative estimate of drug-likeness (QED) is 0.443. The van der Waals surface area contributed by atoms with Gasteiger partial charge in [0.05, 0.1) is 5.75 Å². The third-order valence-electron chi connectivity index (χ3n) is 4.26. The lowest BCUT2D eigenvalue weighted by atomic mass is 10.2. The zero-order valence-corrected chi connectivity index (χ0v) is 17.0. The minimum Gasteiger partial charge on any atom is -0.431 e. The molecular formula is C21H20N4O3S. The van der Waals surface area contributed by atoms with Gasteiger partial charge in [0.25, 0.3) is 5.22 Å². The molecule has 2 heterocycles. The number of rotatable bonds is 7. The molecule has 0 unspecified atom stereocenters. The second-order valence-corrected chi connectivity index (χ2v) is 7.68. The van der Waals surface area contributed by atoms with Crippen LogP contribution in [0.3, 0.4) is 0 Å². The minimum absolute atomic E-state index is 0.0928. The molecule has 2 aromatic carbocycles. The molecule has 0 aliphatic heterocycles. The highest BCUT2D eigenvalue weighted by atomic mass is 32.2. The average molecular weight is 408 g/mol. The van der Waals surface area contributed by atoms with Gasteiger partial charge in [-0.25, -0.2) is 4.98 Å². The summed E-state index contributed by atoms with van der Waals surface area (Å²) < 4.78 is 10.9. The molecule has 1 amide bonds. The summed E-state index contributed by atoms with van der Waals surface area (Å²) in [4.78, 5) is 20.9. The second-order valence-electron chi connectivity index (χ2n) is 6.76. The third-order valence-corrected chi connectivity index (χ3v) is 5.08. The van der Waals surface area contributed by atoms with E-state index in [2.05, 4.69) is 20.4 Å². The van der Waals surface area contributed by atoms with Gasteiger partial charge in [-0.1, -0.05) is 40.7 Å². The number of oxazole rings is 1. The van der Waals surface area contributed by atoms with E-state index in [1.807, 2.05) is 56.3 Å². The lowest BCUT2D eigenvalue weighted by Crippen LogP contribution is -2.12. The molecule has 1 N–H and O–H groups in total. The Bertz CT molecular complexity index is 1130. The fourth-order valence-electron chi connectivity index (χ4n) is 2.74. The van der Waals surface area contributed by atoms with Crippen molar-refractivity contribution in [2.24, 2.45) is 0 Å². The first kappa shape index (κ1) is 19.2. The van der Waals surface area contributed by atoms with Gasteiger partial charge in [0.2, 0.25) is 11.8 Å².